The average molecular weight is 349 g/mol. The van der Waals surface area contributed by atoms with Gasteiger partial charge in [0.05, 0.1) is 20.8 Å². The molecular formula is C18H27N3O4. The Balaban J connectivity index is 1.52. The minimum atomic E-state index is -0.370. The third-order valence-electron chi connectivity index (χ3n) is 4.66. The van der Waals surface area contributed by atoms with Gasteiger partial charge in [0, 0.05) is 44.8 Å². The van der Waals surface area contributed by atoms with Crippen molar-refractivity contribution in [1.29, 1.82) is 0 Å². The Hall–Kier alpha value is -1.83. The molecule has 3 rings (SSSR count). The van der Waals surface area contributed by atoms with Crippen molar-refractivity contribution in [3.63, 3.8) is 0 Å². The van der Waals surface area contributed by atoms with Crippen LogP contribution in [0.2, 0.25) is 0 Å². The molecule has 7 nitrogen and oxygen atoms in total. The van der Waals surface area contributed by atoms with Crippen molar-refractivity contribution in [1.82, 2.24) is 15.5 Å². The molecule has 2 heterocycles. The lowest BCUT2D eigenvalue weighted by atomic mass is 10.2. The van der Waals surface area contributed by atoms with Crippen LogP contribution in [0.5, 0.6) is 11.5 Å². The summed E-state index contributed by atoms with van der Waals surface area (Å²) in [5.74, 6) is 1.57. The quantitative estimate of drug-likeness (QED) is 0.774. The van der Waals surface area contributed by atoms with Crippen molar-refractivity contribution < 1.29 is 19.0 Å². The lowest BCUT2D eigenvalue weighted by Crippen LogP contribution is -2.50. The number of carbonyl (C=O) groups excluding carboxylic acids is 1. The number of nitrogens with one attached hydrogen (secondary N) is 2. The Bertz CT molecular complexity index is 567. The fourth-order valence-electron chi connectivity index (χ4n) is 3.34. The van der Waals surface area contributed by atoms with E-state index in [1.807, 2.05) is 18.2 Å². The van der Waals surface area contributed by atoms with E-state index in [0.717, 1.165) is 49.7 Å². The van der Waals surface area contributed by atoms with Crippen molar-refractivity contribution in [2.75, 3.05) is 47.0 Å². The number of rotatable bonds is 6. The van der Waals surface area contributed by atoms with Gasteiger partial charge in [-0.3, -0.25) is 9.69 Å². The normalized spacial score (nSPS) is 24.1. The minimum Gasteiger partial charge on any atom is -0.497 e. The zero-order valence-electron chi connectivity index (χ0n) is 14.9. The van der Waals surface area contributed by atoms with Gasteiger partial charge in [-0.1, -0.05) is 0 Å². The van der Waals surface area contributed by atoms with Gasteiger partial charge in [0.1, 0.15) is 17.6 Å². The van der Waals surface area contributed by atoms with Gasteiger partial charge in [-0.05, 0) is 24.1 Å². The maximum atomic E-state index is 12.3. The van der Waals surface area contributed by atoms with Gasteiger partial charge >= 0.3 is 0 Å². The third-order valence-corrected chi connectivity index (χ3v) is 4.66. The van der Waals surface area contributed by atoms with Gasteiger partial charge in [0.25, 0.3) is 5.91 Å². The number of methoxy groups -OCH3 is 2. The lowest BCUT2D eigenvalue weighted by molar-refractivity contribution is -0.134. The molecule has 138 valence electrons. The second kappa shape index (κ2) is 8.51. The zero-order valence-corrected chi connectivity index (χ0v) is 14.9. The molecule has 2 aliphatic heterocycles. The SMILES string of the molecule is COc1cc(CN2CCC(NC(=O)C3CNCCO3)C2)cc(OC)c1. The maximum Gasteiger partial charge on any atom is 0.250 e. The Morgan fingerprint density at radius 2 is 2.08 bits per heavy atom. The predicted octanol–water partition coefficient (Wildman–Crippen LogP) is 0.383. The fraction of sp³-hybridized carbons (Fsp3) is 0.611. The second-order valence-electron chi connectivity index (χ2n) is 6.51. The van der Waals surface area contributed by atoms with Gasteiger partial charge in [-0.15, -0.1) is 0 Å². The highest BCUT2D eigenvalue weighted by atomic mass is 16.5. The molecule has 2 aliphatic rings. The molecule has 2 saturated heterocycles. The van der Waals surface area contributed by atoms with E-state index < -0.39 is 0 Å². The van der Waals surface area contributed by atoms with Crippen LogP contribution in [-0.2, 0) is 16.1 Å². The molecule has 7 heteroatoms. The molecule has 2 N–H and O–H groups in total. The summed E-state index contributed by atoms with van der Waals surface area (Å²) in [6.07, 6.45) is 0.581. The zero-order chi connectivity index (χ0) is 17.6. The topological polar surface area (TPSA) is 72.1 Å². The molecule has 0 bridgehead atoms. The number of hydrogen-bond acceptors (Lipinski definition) is 6. The molecular weight excluding hydrogens is 322 g/mol. The molecule has 0 aromatic heterocycles. The highest BCUT2D eigenvalue weighted by molar-refractivity contribution is 5.81. The Morgan fingerprint density at radius 3 is 2.72 bits per heavy atom. The van der Waals surface area contributed by atoms with Crippen LogP contribution in [0, 0.1) is 0 Å². The van der Waals surface area contributed by atoms with Gasteiger partial charge < -0.3 is 24.8 Å². The summed E-state index contributed by atoms with van der Waals surface area (Å²) in [6, 6.07) is 6.09. The number of carbonyl (C=O) groups is 1. The molecule has 0 aliphatic carbocycles. The number of likely N-dealkylation sites (tertiary alicyclic amines) is 1. The van der Waals surface area contributed by atoms with E-state index in [9.17, 15) is 4.79 Å². The van der Waals surface area contributed by atoms with Gasteiger partial charge in [0.2, 0.25) is 0 Å². The standard InChI is InChI=1S/C18H27N3O4/c1-23-15-7-13(8-16(9-15)24-2)11-21-5-3-14(12-21)20-18(22)17-10-19-4-6-25-17/h7-9,14,17,19H,3-6,10-12H2,1-2H3,(H,20,22). The minimum absolute atomic E-state index is 0.0119. The number of amides is 1. The summed E-state index contributed by atoms with van der Waals surface area (Å²) in [4.78, 5) is 14.6. The summed E-state index contributed by atoms with van der Waals surface area (Å²) < 4.78 is 16.2. The van der Waals surface area contributed by atoms with E-state index >= 15 is 0 Å². The molecule has 0 spiro atoms. The molecule has 1 amide bonds. The average Bonchev–Trinajstić information content (AvgIpc) is 3.08. The lowest BCUT2D eigenvalue weighted by Gasteiger charge is -2.24. The van der Waals surface area contributed by atoms with E-state index in [0.29, 0.717) is 13.2 Å². The predicted molar refractivity (Wildman–Crippen MR) is 94.0 cm³/mol. The van der Waals surface area contributed by atoms with Crippen LogP contribution in [0.25, 0.3) is 0 Å². The van der Waals surface area contributed by atoms with E-state index in [-0.39, 0.29) is 18.1 Å². The smallest absolute Gasteiger partial charge is 0.250 e. The van der Waals surface area contributed by atoms with Crippen LogP contribution in [-0.4, -0.2) is 70.0 Å². The van der Waals surface area contributed by atoms with Crippen LogP contribution in [0.3, 0.4) is 0 Å². The Labute approximate surface area is 148 Å². The fourth-order valence-corrected chi connectivity index (χ4v) is 3.34. The molecule has 1 aromatic rings. The van der Waals surface area contributed by atoms with Gasteiger partial charge in [-0.25, -0.2) is 0 Å². The molecule has 1 aromatic carbocycles. The van der Waals surface area contributed by atoms with E-state index in [1.165, 1.54) is 0 Å². The number of ether oxygens (including phenoxy) is 3. The first-order valence-electron chi connectivity index (χ1n) is 8.75. The van der Waals surface area contributed by atoms with Crippen LogP contribution >= 0.6 is 0 Å². The van der Waals surface area contributed by atoms with E-state index in [1.54, 1.807) is 14.2 Å². The Morgan fingerprint density at radius 1 is 1.32 bits per heavy atom. The highest BCUT2D eigenvalue weighted by Crippen LogP contribution is 2.24. The Kier molecular flexibility index (Phi) is 6.12. The number of morpholine rings is 1. The monoisotopic (exact) mass is 349 g/mol. The van der Waals surface area contributed by atoms with Crippen molar-refractivity contribution in [3.8, 4) is 11.5 Å². The van der Waals surface area contributed by atoms with Crippen LogP contribution < -0.4 is 20.1 Å². The molecule has 0 saturated carbocycles. The summed E-state index contributed by atoms with van der Waals surface area (Å²) in [6.45, 7) is 4.59. The summed E-state index contributed by atoms with van der Waals surface area (Å²) in [5, 5.41) is 6.30. The van der Waals surface area contributed by atoms with Crippen LogP contribution in [0.15, 0.2) is 18.2 Å². The first-order chi connectivity index (χ1) is 12.2. The molecule has 2 unspecified atom stereocenters. The summed E-state index contributed by atoms with van der Waals surface area (Å²) in [5.41, 5.74) is 1.14. The second-order valence-corrected chi connectivity index (χ2v) is 6.51. The van der Waals surface area contributed by atoms with Crippen molar-refractivity contribution in [2.45, 2.75) is 25.1 Å². The first-order valence-corrected chi connectivity index (χ1v) is 8.75. The molecule has 0 radical (unpaired) electrons. The highest BCUT2D eigenvalue weighted by Gasteiger charge is 2.28. The summed E-state index contributed by atoms with van der Waals surface area (Å²) >= 11 is 0. The van der Waals surface area contributed by atoms with E-state index in [4.69, 9.17) is 14.2 Å². The number of hydrogen-bond donors (Lipinski definition) is 2. The summed E-state index contributed by atoms with van der Waals surface area (Å²) in [7, 11) is 3.31. The largest absolute Gasteiger partial charge is 0.497 e. The van der Waals surface area contributed by atoms with Crippen molar-refractivity contribution in [3.05, 3.63) is 23.8 Å². The van der Waals surface area contributed by atoms with Crippen LogP contribution in [0.4, 0.5) is 0 Å². The number of benzene rings is 1. The first kappa shape index (κ1) is 18.0. The van der Waals surface area contributed by atoms with Crippen molar-refractivity contribution >= 4 is 5.91 Å². The number of nitrogens with zero attached hydrogens (tertiary/aromatic N) is 1. The van der Waals surface area contributed by atoms with Crippen molar-refractivity contribution in [2.24, 2.45) is 0 Å². The molecule has 25 heavy (non-hydrogen) atoms. The van der Waals surface area contributed by atoms with Crippen LogP contribution in [0.1, 0.15) is 12.0 Å². The van der Waals surface area contributed by atoms with Gasteiger partial charge in [0.15, 0.2) is 0 Å². The van der Waals surface area contributed by atoms with E-state index in [2.05, 4.69) is 15.5 Å². The maximum absolute atomic E-state index is 12.3. The third kappa shape index (κ3) is 4.84. The molecule has 2 fully saturated rings. The molecule has 2 atom stereocenters. The van der Waals surface area contributed by atoms with Gasteiger partial charge in [-0.2, -0.15) is 0 Å².